The second-order valence-corrected chi connectivity index (χ2v) is 5.43. The Labute approximate surface area is 134 Å². The first kappa shape index (κ1) is 17.5. The maximum Gasteiger partial charge on any atom is 0.326 e. The summed E-state index contributed by atoms with van der Waals surface area (Å²) in [6, 6.07) is 3.42. The van der Waals surface area contributed by atoms with Crippen molar-refractivity contribution in [2.45, 2.75) is 18.9 Å². The molecule has 114 valence electrons. The molecule has 0 aliphatic heterocycles. The van der Waals surface area contributed by atoms with Crippen LogP contribution in [0.15, 0.2) is 22.7 Å². The first-order valence-electron chi connectivity index (χ1n) is 5.90. The molecule has 6 nitrogen and oxygen atoms in total. The topological polar surface area (TPSA) is 92.7 Å². The number of amides is 1. The van der Waals surface area contributed by atoms with Gasteiger partial charge in [0.15, 0.2) is 0 Å². The number of ether oxygens (including phenoxy) is 1. The van der Waals surface area contributed by atoms with Gasteiger partial charge in [-0.1, -0.05) is 27.5 Å². The Kier molecular flexibility index (Phi) is 6.64. The van der Waals surface area contributed by atoms with Crippen molar-refractivity contribution in [1.82, 2.24) is 5.32 Å². The third kappa shape index (κ3) is 5.35. The molecule has 0 unspecified atom stereocenters. The summed E-state index contributed by atoms with van der Waals surface area (Å²) < 4.78 is 5.13. The number of rotatable bonds is 6. The normalized spacial score (nSPS) is 11.6. The molecule has 0 aliphatic rings. The highest BCUT2D eigenvalue weighted by Crippen LogP contribution is 2.21. The number of carboxylic acids is 1. The number of hydrogen-bond acceptors (Lipinski definition) is 4. The molecule has 0 spiro atoms. The van der Waals surface area contributed by atoms with Crippen LogP contribution in [0.5, 0.6) is 0 Å². The molecular weight excluding hydrogens is 366 g/mol. The van der Waals surface area contributed by atoms with Gasteiger partial charge in [-0.3, -0.25) is 9.59 Å². The third-order valence-corrected chi connectivity index (χ3v) is 3.45. The van der Waals surface area contributed by atoms with E-state index in [1.54, 1.807) is 6.07 Å². The molecule has 0 saturated carbocycles. The molecule has 21 heavy (non-hydrogen) atoms. The van der Waals surface area contributed by atoms with E-state index < -0.39 is 23.9 Å². The van der Waals surface area contributed by atoms with Crippen molar-refractivity contribution in [3.8, 4) is 0 Å². The van der Waals surface area contributed by atoms with E-state index in [0.29, 0.717) is 4.47 Å². The number of aliphatic carboxylic acids is 1. The average Bonchev–Trinajstić information content (AvgIpc) is 2.42. The molecule has 0 aliphatic carbocycles. The second kappa shape index (κ2) is 7.99. The fourth-order valence-electron chi connectivity index (χ4n) is 1.53. The van der Waals surface area contributed by atoms with Crippen LogP contribution in [0.3, 0.4) is 0 Å². The van der Waals surface area contributed by atoms with Gasteiger partial charge in [0, 0.05) is 10.9 Å². The van der Waals surface area contributed by atoms with E-state index in [-0.39, 0.29) is 23.4 Å². The molecule has 0 saturated heterocycles. The van der Waals surface area contributed by atoms with E-state index >= 15 is 0 Å². The molecule has 2 N–H and O–H groups in total. The van der Waals surface area contributed by atoms with E-state index in [9.17, 15) is 14.4 Å². The van der Waals surface area contributed by atoms with E-state index in [4.69, 9.17) is 16.7 Å². The van der Waals surface area contributed by atoms with Crippen LogP contribution in [-0.4, -0.2) is 36.1 Å². The molecular formula is C13H13BrClNO5. The summed E-state index contributed by atoms with van der Waals surface area (Å²) in [5.74, 6) is -2.40. The minimum Gasteiger partial charge on any atom is -0.480 e. The zero-order valence-electron chi connectivity index (χ0n) is 11.1. The van der Waals surface area contributed by atoms with Gasteiger partial charge in [0.25, 0.3) is 5.91 Å². The second-order valence-electron chi connectivity index (χ2n) is 4.10. The van der Waals surface area contributed by atoms with Gasteiger partial charge in [-0.05, 0) is 24.6 Å². The molecule has 0 fully saturated rings. The Morgan fingerprint density at radius 3 is 2.62 bits per heavy atom. The van der Waals surface area contributed by atoms with Crippen LogP contribution in [-0.2, 0) is 14.3 Å². The highest BCUT2D eigenvalue weighted by atomic mass is 79.9. The molecule has 1 atom stereocenters. The number of carbonyl (C=O) groups is 3. The summed E-state index contributed by atoms with van der Waals surface area (Å²) in [6.45, 7) is 0. The van der Waals surface area contributed by atoms with Gasteiger partial charge in [0.2, 0.25) is 0 Å². The van der Waals surface area contributed by atoms with Crippen LogP contribution < -0.4 is 5.32 Å². The van der Waals surface area contributed by atoms with Crippen molar-refractivity contribution in [1.29, 1.82) is 0 Å². The van der Waals surface area contributed by atoms with Gasteiger partial charge < -0.3 is 15.2 Å². The van der Waals surface area contributed by atoms with Crippen LogP contribution in [0.1, 0.15) is 23.2 Å². The maximum absolute atomic E-state index is 12.0. The maximum atomic E-state index is 12.0. The molecule has 1 rings (SSSR count). The Bertz CT molecular complexity index is 563. The molecule has 0 bridgehead atoms. The van der Waals surface area contributed by atoms with Gasteiger partial charge in [-0.25, -0.2) is 4.79 Å². The Hall–Kier alpha value is -1.60. The number of methoxy groups -OCH3 is 1. The number of esters is 1. The molecule has 1 aromatic rings. The van der Waals surface area contributed by atoms with E-state index in [1.165, 1.54) is 19.2 Å². The zero-order chi connectivity index (χ0) is 16.0. The van der Waals surface area contributed by atoms with Gasteiger partial charge >= 0.3 is 11.9 Å². The van der Waals surface area contributed by atoms with Gasteiger partial charge in [-0.2, -0.15) is 0 Å². The van der Waals surface area contributed by atoms with Gasteiger partial charge in [-0.15, -0.1) is 0 Å². The molecule has 1 amide bonds. The molecule has 0 heterocycles. The number of nitrogens with one attached hydrogen (secondary N) is 1. The smallest absolute Gasteiger partial charge is 0.326 e. The number of hydrogen-bond donors (Lipinski definition) is 2. The highest BCUT2D eigenvalue weighted by Gasteiger charge is 2.22. The average molecular weight is 379 g/mol. The highest BCUT2D eigenvalue weighted by molar-refractivity contribution is 9.10. The fraction of sp³-hybridized carbons (Fsp3) is 0.308. The number of carbonyl (C=O) groups excluding carboxylic acids is 2. The van der Waals surface area contributed by atoms with Crippen molar-refractivity contribution < 1.29 is 24.2 Å². The summed E-state index contributed by atoms with van der Waals surface area (Å²) in [5.41, 5.74) is 0.157. The third-order valence-electron chi connectivity index (χ3n) is 2.64. The monoisotopic (exact) mass is 377 g/mol. The fourth-order valence-corrected chi connectivity index (χ4v) is 2.29. The lowest BCUT2D eigenvalue weighted by Gasteiger charge is -2.14. The van der Waals surface area contributed by atoms with Crippen molar-refractivity contribution in [3.05, 3.63) is 33.3 Å². The SMILES string of the molecule is COC(=O)CC[C@H](NC(=O)c1ccc(Br)cc1Cl)C(=O)O. The number of carboxylic acid groups (broad SMARTS) is 1. The van der Waals surface area contributed by atoms with E-state index in [2.05, 4.69) is 26.0 Å². The predicted molar refractivity (Wildman–Crippen MR) is 79.3 cm³/mol. The summed E-state index contributed by atoms with van der Waals surface area (Å²) in [6.07, 6.45) is -0.177. The first-order chi connectivity index (χ1) is 9.85. The Morgan fingerprint density at radius 2 is 2.10 bits per heavy atom. The lowest BCUT2D eigenvalue weighted by Crippen LogP contribution is -2.41. The van der Waals surface area contributed by atoms with Crippen LogP contribution >= 0.6 is 27.5 Å². The summed E-state index contributed by atoms with van der Waals surface area (Å²) in [7, 11) is 1.21. The van der Waals surface area contributed by atoms with Crippen molar-refractivity contribution in [3.63, 3.8) is 0 Å². The quantitative estimate of drug-likeness (QED) is 0.741. The van der Waals surface area contributed by atoms with Crippen LogP contribution in [0.4, 0.5) is 0 Å². The summed E-state index contributed by atoms with van der Waals surface area (Å²) >= 11 is 9.13. The van der Waals surface area contributed by atoms with E-state index in [1.807, 2.05) is 0 Å². The van der Waals surface area contributed by atoms with Crippen LogP contribution in [0.2, 0.25) is 5.02 Å². The van der Waals surface area contributed by atoms with Crippen molar-refractivity contribution in [2.75, 3.05) is 7.11 Å². The van der Waals surface area contributed by atoms with Crippen LogP contribution in [0.25, 0.3) is 0 Å². The van der Waals surface area contributed by atoms with Gasteiger partial charge in [0.1, 0.15) is 6.04 Å². The summed E-state index contributed by atoms with van der Waals surface area (Å²) in [4.78, 5) is 34.1. The van der Waals surface area contributed by atoms with E-state index in [0.717, 1.165) is 0 Å². The number of halogens is 2. The minimum absolute atomic E-state index is 0.0676. The Balaban J connectivity index is 2.76. The lowest BCUT2D eigenvalue weighted by atomic mass is 10.1. The molecule has 8 heteroatoms. The standard InChI is InChI=1S/C13H13BrClNO5/c1-21-11(17)5-4-10(13(19)20)16-12(18)8-3-2-7(14)6-9(8)15/h2-3,6,10H,4-5H2,1H3,(H,16,18)(H,19,20)/t10-/m0/s1. The van der Waals surface area contributed by atoms with Crippen molar-refractivity contribution >= 4 is 45.4 Å². The summed E-state index contributed by atoms with van der Waals surface area (Å²) in [5, 5.41) is 11.6. The predicted octanol–water partition coefficient (Wildman–Crippen LogP) is 2.24. The lowest BCUT2D eigenvalue weighted by molar-refractivity contribution is -0.142. The molecule has 0 aromatic heterocycles. The zero-order valence-corrected chi connectivity index (χ0v) is 13.4. The number of benzene rings is 1. The first-order valence-corrected chi connectivity index (χ1v) is 7.07. The Morgan fingerprint density at radius 1 is 1.43 bits per heavy atom. The van der Waals surface area contributed by atoms with Crippen LogP contribution in [0, 0.1) is 0 Å². The minimum atomic E-state index is -1.24. The largest absolute Gasteiger partial charge is 0.480 e. The molecule has 0 radical (unpaired) electrons. The van der Waals surface area contributed by atoms with Crippen molar-refractivity contribution in [2.24, 2.45) is 0 Å². The molecule has 1 aromatic carbocycles. The van der Waals surface area contributed by atoms with Gasteiger partial charge in [0.05, 0.1) is 17.7 Å².